The summed E-state index contributed by atoms with van der Waals surface area (Å²) in [6, 6.07) is 11.6. The molecule has 30 heavy (non-hydrogen) atoms. The average molecular weight is 409 g/mol. The molecule has 0 radical (unpaired) electrons. The first-order valence-electron chi connectivity index (χ1n) is 9.73. The Labute approximate surface area is 176 Å². The zero-order chi connectivity index (χ0) is 21.5. The molecule has 0 unspecified atom stereocenters. The molecule has 3 rings (SSSR count). The van der Waals surface area contributed by atoms with E-state index in [0.29, 0.717) is 17.1 Å². The number of imidazole rings is 1. The fourth-order valence-electron chi connectivity index (χ4n) is 3.36. The Morgan fingerprint density at radius 1 is 1.13 bits per heavy atom. The number of aryl methyl sites for hydroxylation is 2. The van der Waals surface area contributed by atoms with Gasteiger partial charge in [-0.2, -0.15) is 0 Å². The number of benzene rings is 2. The third kappa shape index (κ3) is 4.56. The highest BCUT2D eigenvalue weighted by atomic mass is 16.5. The molecular formula is C23H27N3O4. The largest absolute Gasteiger partial charge is 0.493 e. The molecule has 0 fully saturated rings. The fourth-order valence-corrected chi connectivity index (χ4v) is 3.36. The van der Waals surface area contributed by atoms with Gasteiger partial charge in [-0.3, -0.25) is 0 Å². The number of ether oxygens (including phenoxy) is 3. The maximum atomic E-state index is 12.3. The maximum absolute atomic E-state index is 12.3. The number of esters is 1. The Morgan fingerprint density at radius 3 is 2.60 bits per heavy atom. The van der Waals surface area contributed by atoms with Crippen LogP contribution >= 0.6 is 0 Å². The first kappa shape index (κ1) is 21.2. The van der Waals surface area contributed by atoms with Crippen molar-refractivity contribution in [2.75, 3.05) is 33.2 Å². The van der Waals surface area contributed by atoms with Gasteiger partial charge in [0.15, 0.2) is 11.5 Å². The van der Waals surface area contributed by atoms with Crippen LogP contribution in [0.25, 0.3) is 11.1 Å². The Bertz CT molecular complexity index is 1010. The quantitative estimate of drug-likeness (QED) is 0.422. The third-order valence-electron chi connectivity index (χ3n) is 4.93. The van der Waals surface area contributed by atoms with Gasteiger partial charge in [-0.25, -0.2) is 9.78 Å². The van der Waals surface area contributed by atoms with Gasteiger partial charge < -0.3 is 24.1 Å². The zero-order valence-electron chi connectivity index (χ0n) is 17.8. The highest BCUT2D eigenvalue weighted by molar-refractivity contribution is 5.96. The molecule has 7 heteroatoms. The Morgan fingerprint density at radius 2 is 1.93 bits per heavy atom. The summed E-state index contributed by atoms with van der Waals surface area (Å²) >= 11 is 0. The number of anilines is 1. The molecule has 2 aromatic carbocycles. The van der Waals surface area contributed by atoms with Crippen molar-refractivity contribution < 1.29 is 19.0 Å². The number of methoxy groups -OCH3 is 3. The molecular weight excluding hydrogens is 382 g/mol. The lowest BCUT2D eigenvalue weighted by Crippen LogP contribution is -2.08. The summed E-state index contributed by atoms with van der Waals surface area (Å²) in [7, 11) is 4.39. The topological polar surface area (TPSA) is 74.6 Å². The fraction of sp³-hybridized carbons (Fsp3) is 0.304. The summed E-state index contributed by atoms with van der Waals surface area (Å²) in [5.74, 6) is 0.350. The van der Waals surface area contributed by atoms with Crippen molar-refractivity contribution in [1.82, 2.24) is 9.55 Å². The van der Waals surface area contributed by atoms with Crippen molar-refractivity contribution in [3.8, 4) is 22.6 Å². The molecule has 0 aliphatic heterocycles. The zero-order valence-corrected chi connectivity index (χ0v) is 17.8. The van der Waals surface area contributed by atoms with Crippen LogP contribution in [0.15, 0.2) is 48.9 Å². The summed E-state index contributed by atoms with van der Waals surface area (Å²) < 4.78 is 17.9. The molecule has 0 aliphatic carbocycles. The number of nitrogens with zero attached hydrogens (tertiary/aromatic N) is 2. The highest BCUT2D eigenvalue weighted by Crippen LogP contribution is 2.38. The smallest absolute Gasteiger partial charge is 0.341 e. The predicted molar refractivity (Wildman–Crippen MR) is 116 cm³/mol. The van der Waals surface area contributed by atoms with E-state index >= 15 is 0 Å². The molecule has 3 aromatic rings. The second-order valence-electron chi connectivity index (χ2n) is 6.81. The van der Waals surface area contributed by atoms with Crippen LogP contribution < -0.4 is 14.8 Å². The van der Waals surface area contributed by atoms with Crippen LogP contribution in [0.4, 0.5) is 5.69 Å². The molecule has 1 aromatic heterocycles. The van der Waals surface area contributed by atoms with Gasteiger partial charge in [0, 0.05) is 36.2 Å². The number of aromatic nitrogens is 2. The van der Waals surface area contributed by atoms with Gasteiger partial charge in [0.25, 0.3) is 0 Å². The van der Waals surface area contributed by atoms with E-state index in [-0.39, 0.29) is 0 Å². The number of nitrogens with one attached hydrogen (secondary N) is 1. The van der Waals surface area contributed by atoms with Gasteiger partial charge in [0.1, 0.15) is 5.56 Å². The molecule has 0 bridgehead atoms. The minimum absolute atomic E-state index is 0.319. The summed E-state index contributed by atoms with van der Waals surface area (Å²) in [6.45, 7) is 3.74. The second-order valence-corrected chi connectivity index (χ2v) is 6.81. The summed E-state index contributed by atoms with van der Waals surface area (Å²) in [6.07, 6.45) is 4.66. The molecule has 0 spiro atoms. The van der Waals surface area contributed by atoms with E-state index < -0.39 is 5.97 Å². The van der Waals surface area contributed by atoms with Crippen molar-refractivity contribution in [2.45, 2.75) is 19.9 Å². The first-order valence-corrected chi connectivity index (χ1v) is 9.73. The Hall–Kier alpha value is -3.48. The minimum atomic E-state index is -0.479. The summed E-state index contributed by atoms with van der Waals surface area (Å²) in [5, 5.41) is 3.50. The van der Waals surface area contributed by atoms with Crippen molar-refractivity contribution in [3.63, 3.8) is 0 Å². The second kappa shape index (κ2) is 9.82. The van der Waals surface area contributed by atoms with Crippen LogP contribution in [0.3, 0.4) is 0 Å². The monoisotopic (exact) mass is 409 g/mol. The molecule has 158 valence electrons. The molecule has 1 heterocycles. The lowest BCUT2D eigenvalue weighted by atomic mass is 9.99. The Kier molecular flexibility index (Phi) is 6.95. The van der Waals surface area contributed by atoms with Gasteiger partial charge in [-0.1, -0.05) is 18.2 Å². The maximum Gasteiger partial charge on any atom is 0.341 e. The van der Waals surface area contributed by atoms with E-state index in [1.807, 2.05) is 49.8 Å². The van der Waals surface area contributed by atoms with E-state index in [9.17, 15) is 4.79 Å². The van der Waals surface area contributed by atoms with Crippen LogP contribution in [-0.2, 0) is 11.3 Å². The van der Waals surface area contributed by atoms with Crippen molar-refractivity contribution in [3.05, 3.63) is 60.2 Å². The normalized spacial score (nSPS) is 10.5. The number of carbonyl (C=O) groups excluding carboxylic acids is 1. The van der Waals surface area contributed by atoms with Crippen molar-refractivity contribution in [2.24, 2.45) is 0 Å². The number of rotatable bonds is 9. The average Bonchev–Trinajstić information content (AvgIpc) is 3.19. The standard InChI is InChI=1S/C23H27N3O4/c1-16-14-24-15-26(16)11-7-10-25-20-9-6-5-8-18(20)17-12-19(23(27)30-4)22(29-3)21(13-17)28-2/h5-6,8-9,12-15,25H,7,10-11H2,1-4H3. The van der Waals surface area contributed by atoms with Crippen LogP contribution in [0.2, 0.25) is 0 Å². The molecule has 7 nitrogen and oxygen atoms in total. The molecule has 0 saturated carbocycles. The highest BCUT2D eigenvalue weighted by Gasteiger charge is 2.20. The summed E-state index contributed by atoms with van der Waals surface area (Å²) in [5.41, 5.74) is 4.24. The van der Waals surface area contributed by atoms with Crippen LogP contribution in [0, 0.1) is 6.92 Å². The van der Waals surface area contributed by atoms with E-state index in [0.717, 1.165) is 42.0 Å². The van der Waals surface area contributed by atoms with Gasteiger partial charge in [-0.05, 0) is 37.1 Å². The first-order chi connectivity index (χ1) is 14.6. The van der Waals surface area contributed by atoms with Crippen LogP contribution in [0.5, 0.6) is 11.5 Å². The molecule has 0 amide bonds. The molecule has 0 saturated heterocycles. The third-order valence-corrected chi connectivity index (χ3v) is 4.93. The minimum Gasteiger partial charge on any atom is -0.493 e. The van der Waals surface area contributed by atoms with Crippen LogP contribution in [0.1, 0.15) is 22.5 Å². The van der Waals surface area contributed by atoms with E-state index in [1.165, 1.54) is 14.2 Å². The van der Waals surface area contributed by atoms with Gasteiger partial charge >= 0.3 is 5.97 Å². The number of carbonyl (C=O) groups is 1. The van der Waals surface area contributed by atoms with Gasteiger partial charge in [0.05, 0.1) is 27.7 Å². The van der Waals surface area contributed by atoms with E-state index in [2.05, 4.69) is 14.9 Å². The lowest BCUT2D eigenvalue weighted by molar-refractivity contribution is 0.0596. The molecule has 0 atom stereocenters. The van der Waals surface area contributed by atoms with Crippen molar-refractivity contribution >= 4 is 11.7 Å². The number of hydrogen-bond donors (Lipinski definition) is 1. The van der Waals surface area contributed by atoms with E-state index in [1.54, 1.807) is 13.2 Å². The SMILES string of the molecule is COC(=O)c1cc(-c2ccccc2NCCCn2cncc2C)cc(OC)c1OC. The number of hydrogen-bond acceptors (Lipinski definition) is 6. The molecule has 0 aliphatic rings. The summed E-state index contributed by atoms with van der Waals surface area (Å²) in [4.78, 5) is 16.5. The van der Waals surface area contributed by atoms with Crippen molar-refractivity contribution in [1.29, 1.82) is 0 Å². The van der Waals surface area contributed by atoms with Gasteiger partial charge in [0.2, 0.25) is 0 Å². The molecule has 1 N–H and O–H groups in total. The lowest BCUT2D eigenvalue weighted by Gasteiger charge is -2.17. The number of para-hydroxylation sites is 1. The van der Waals surface area contributed by atoms with Gasteiger partial charge in [-0.15, -0.1) is 0 Å². The predicted octanol–water partition coefficient (Wildman–Crippen LogP) is 4.16. The van der Waals surface area contributed by atoms with Crippen LogP contribution in [-0.4, -0.2) is 43.4 Å². The Balaban J connectivity index is 1.85. The van der Waals surface area contributed by atoms with E-state index in [4.69, 9.17) is 14.2 Å².